The molecule has 0 aromatic rings. The van der Waals surface area contributed by atoms with Crippen molar-refractivity contribution in [3.8, 4) is 0 Å². The highest BCUT2D eigenvalue weighted by Crippen LogP contribution is 2.47. The molecule has 1 rings (SSSR count). The lowest BCUT2D eigenvalue weighted by Gasteiger charge is -2.34. The molecule has 0 unspecified atom stereocenters. The van der Waals surface area contributed by atoms with E-state index in [1.54, 1.807) is 0 Å². The van der Waals surface area contributed by atoms with Gasteiger partial charge in [-0.2, -0.15) is 0 Å². The van der Waals surface area contributed by atoms with Gasteiger partial charge in [-0.05, 0) is 38.8 Å². The van der Waals surface area contributed by atoms with Crippen LogP contribution in [0.5, 0.6) is 0 Å². The van der Waals surface area contributed by atoms with Crippen LogP contribution in [0.3, 0.4) is 0 Å². The molecular weight excluding hydrogens is 345 g/mol. The monoisotopic (exact) mass is 377 g/mol. The largest absolute Gasteiger partial charge is 0.432 e. The molecule has 1 aliphatic carbocycles. The molecule has 6 nitrogen and oxygen atoms in total. The summed E-state index contributed by atoms with van der Waals surface area (Å²) in [5, 5.41) is -0.170. The molecule has 0 aliphatic heterocycles. The van der Waals surface area contributed by atoms with E-state index in [1.165, 1.54) is 14.2 Å². The lowest BCUT2D eigenvalue weighted by Crippen LogP contribution is -2.41. The fourth-order valence-electron chi connectivity index (χ4n) is 2.46. The van der Waals surface area contributed by atoms with Crippen molar-refractivity contribution in [2.45, 2.75) is 57.7 Å². The summed E-state index contributed by atoms with van der Waals surface area (Å²) in [5.74, 6) is -0.149. The average Bonchev–Trinajstić information content (AvgIpc) is 2.52. The Morgan fingerprint density at radius 2 is 1.79 bits per heavy atom. The summed E-state index contributed by atoms with van der Waals surface area (Å²) in [4.78, 5) is 27.3. The molecule has 0 saturated heterocycles. The molecule has 0 amide bonds. The highest BCUT2D eigenvalue weighted by atomic mass is 31.2. The van der Waals surface area contributed by atoms with Gasteiger partial charge in [-0.1, -0.05) is 13.8 Å². The second-order valence-electron chi connectivity index (χ2n) is 7.70. The van der Waals surface area contributed by atoms with Crippen LogP contribution in [0.2, 0.25) is 18.1 Å². The first-order valence-corrected chi connectivity index (χ1v) is 13.1. The van der Waals surface area contributed by atoms with Gasteiger partial charge >= 0.3 is 7.60 Å². The number of ketones is 1. The number of hydrogen-bond acceptors (Lipinski definition) is 6. The van der Waals surface area contributed by atoms with E-state index in [9.17, 15) is 14.2 Å². The van der Waals surface area contributed by atoms with Crippen molar-refractivity contribution in [3.63, 3.8) is 0 Å². The van der Waals surface area contributed by atoms with Gasteiger partial charge in [-0.3, -0.25) is 14.4 Å². The fourth-order valence-corrected chi connectivity index (χ4v) is 3.97. The summed E-state index contributed by atoms with van der Waals surface area (Å²) < 4.78 is 21.8. The molecule has 140 valence electrons. The maximum Gasteiger partial charge on any atom is 0.337 e. The molecule has 8 heteroatoms. The van der Waals surface area contributed by atoms with E-state index in [0.717, 1.165) is 31.4 Å². The van der Waals surface area contributed by atoms with Gasteiger partial charge in [-0.25, -0.2) is 0 Å². The summed E-state index contributed by atoms with van der Waals surface area (Å²) in [5.41, 5.74) is 1.12. The lowest BCUT2D eigenvalue weighted by molar-refractivity contribution is -0.121. The molecule has 24 heavy (non-hydrogen) atoms. The van der Waals surface area contributed by atoms with Crippen molar-refractivity contribution in [2.24, 2.45) is 10.9 Å². The Hall–Kier alpha value is -0.333. The van der Waals surface area contributed by atoms with Crippen LogP contribution < -0.4 is 0 Å². The number of carbonyl (C=O) groups is 1. The van der Waals surface area contributed by atoms with Gasteiger partial charge < -0.3 is 13.8 Å². The second-order valence-corrected chi connectivity index (χ2v) is 14.4. The van der Waals surface area contributed by atoms with Crippen LogP contribution in [0.4, 0.5) is 0 Å². The quantitative estimate of drug-likeness (QED) is 0.515. The van der Waals surface area contributed by atoms with Crippen molar-refractivity contribution in [1.29, 1.82) is 0 Å². The van der Waals surface area contributed by atoms with Crippen molar-refractivity contribution in [3.05, 3.63) is 0 Å². The molecule has 1 fully saturated rings. The van der Waals surface area contributed by atoms with Crippen LogP contribution in [-0.2, 0) is 18.4 Å². The third kappa shape index (κ3) is 5.88. The van der Waals surface area contributed by atoms with Gasteiger partial charge in [0.2, 0.25) is 0 Å². The van der Waals surface area contributed by atoms with E-state index in [4.69, 9.17) is 14.0 Å². The summed E-state index contributed by atoms with van der Waals surface area (Å²) >= 11 is 0. The van der Waals surface area contributed by atoms with E-state index in [0.29, 0.717) is 6.54 Å². The van der Waals surface area contributed by atoms with E-state index in [1.807, 2.05) is 13.1 Å². The number of carbonyl (C=O) groups excluding carboxylic acids is 1. The molecule has 1 saturated carbocycles. The normalized spacial score (nSPS) is 20.1. The van der Waals surface area contributed by atoms with E-state index < -0.39 is 15.9 Å². The zero-order valence-corrected chi connectivity index (χ0v) is 17.7. The number of aliphatic imine (C=N–C) groups is 1. The van der Waals surface area contributed by atoms with Crippen LogP contribution in [0.1, 0.15) is 39.5 Å². The molecule has 0 bridgehead atoms. The smallest absolute Gasteiger partial charge is 0.337 e. The molecule has 0 heterocycles. The van der Waals surface area contributed by atoms with Gasteiger partial charge in [0.25, 0.3) is 0 Å². The molecule has 0 aromatic carbocycles. The summed E-state index contributed by atoms with van der Waals surface area (Å²) in [7, 11) is -2.93. The highest BCUT2D eigenvalue weighted by molar-refractivity contribution is 7.54. The molecule has 0 aromatic heterocycles. The van der Waals surface area contributed by atoms with Crippen LogP contribution >= 0.6 is 7.60 Å². The third-order valence-corrected chi connectivity index (χ3v) is 10.6. The van der Waals surface area contributed by atoms with Crippen LogP contribution in [0.15, 0.2) is 4.99 Å². The van der Waals surface area contributed by atoms with Crippen LogP contribution in [0, 0.1) is 5.92 Å². The highest BCUT2D eigenvalue weighted by Gasteiger charge is 2.38. The molecular formula is C16H32NO5PSi. The Balaban J connectivity index is 2.56. The van der Waals surface area contributed by atoms with Gasteiger partial charge in [0, 0.05) is 37.4 Å². The van der Waals surface area contributed by atoms with Crippen molar-refractivity contribution < 1.29 is 23.2 Å². The Bertz CT molecular complexity index is 509. The molecule has 1 N–H and O–H groups in total. The average molecular weight is 377 g/mol. The number of nitrogens with zero attached hydrogens (tertiary/aromatic N) is 1. The predicted molar refractivity (Wildman–Crippen MR) is 99.5 cm³/mol. The first kappa shape index (κ1) is 21.7. The SMILES string of the molecule is COP(=O)(CC(=O)C1CCC(=NCC(C)(C)[Si](C)(C)O)CC1)OC. The van der Waals surface area contributed by atoms with Crippen LogP contribution in [0.25, 0.3) is 0 Å². The topological polar surface area (TPSA) is 85.2 Å². The fraction of sp³-hybridized carbons (Fsp3) is 0.875. The van der Waals surface area contributed by atoms with Crippen molar-refractivity contribution >= 4 is 27.4 Å². The summed E-state index contributed by atoms with van der Waals surface area (Å²) in [6, 6.07) is 0. The zero-order chi connectivity index (χ0) is 18.6. The summed E-state index contributed by atoms with van der Waals surface area (Å²) in [6.45, 7) is 8.62. The number of rotatable bonds is 8. The standard InChI is InChI=1S/C16H32NO5PSi/c1-16(2,24(5,6)20)12-17-14-9-7-13(8-10-14)15(18)11-23(19,21-3)22-4/h13,20H,7-12H2,1-6H3. The van der Waals surface area contributed by atoms with E-state index >= 15 is 0 Å². The maximum absolute atomic E-state index is 12.3. The Morgan fingerprint density at radius 3 is 2.21 bits per heavy atom. The van der Waals surface area contributed by atoms with Crippen molar-refractivity contribution in [2.75, 3.05) is 26.9 Å². The first-order valence-electron chi connectivity index (χ1n) is 8.42. The Labute approximate surface area is 146 Å². The van der Waals surface area contributed by atoms with E-state index in [2.05, 4.69) is 13.8 Å². The third-order valence-electron chi connectivity index (χ3n) is 5.28. The number of hydrogen-bond donors (Lipinski definition) is 1. The van der Waals surface area contributed by atoms with Gasteiger partial charge in [0.1, 0.15) is 11.9 Å². The maximum atomic E-state index is 12.3. The minimum atomic E-state index is -3.28. The minimum Gasteiger partial charge on any atom is -0.432 e. The van der Waals surface area contributed by atoms with E-state index in [-0.39, 0.29) is 22.9 Å². The Kier molecular flexibility index (Phi) is 7.57. The zero-order valence-electron chi connectivity index (χ0n) is 15.8. The molecule has 0 spiro atoms. The van der Waals surface area contributed by atoms with Crippen LogP contribution in [-0.4, -0.2) is 51.5 Å². The van der Waals surface area contributed by atoms with Gasteiger partial charge in [-0.15, -0.1) is 0 Å². The molecule has 1 aliphatic rings. The molecule has 0 radical (unpaired) electrons. The lowest BCUT2D eigenvalue weighted by atomic mass is 9.85. The second kappa shape index (κ2) is 8.36. The first-order chi connectivity index (χ1) is 10.9. The summed E-state index contributed by atoms with van der Waals surface area (Å²) in [6.07, 6.45) is 2.86. The van der Waals surface area contributed by atoms with Crippen molar-refractivity contribution in [1.82, 2.24) is 0 Å². The molecule has 0 atom stereocenters. The Morgan fingerprint density at radius 1 is 1.29 bits per heavy atom. The number of Topliss-reactive ketones (excluding diaryl/α,β-unsaturated/α-hetero) is 1. The van der Waals surface area contributed by atoms with Gasteiger partial charge in [0.15, 0.2) is 8.32 Å². The van der Waals surface area contributed by atoms with Gasteiger partial charge in [0.05, 0.1) is 0 Å². The minimum absolute atomic E-state index is 0.0506. The predicted octanol–water partition coefficient (Wildman–Crippen LogP) is 3.65.